The molecule has 1 fully saturated rings. The Morgan fingerprint density at radius 3 is 3.00 bits per heavy atom. The van der Waals surface area contributed by atoms with Gasteiger partial charge < -0.3 is 10.6 Å². The van der Waals surface area contributed by atoms with Gasteiger partial charge in [-0.3, -0.25) is 0 Å². The monoisotopic (exact) mass is 316 g/mol. The van der Waals surface area contributed by atoms with E-state index >= 15 is 0 Å². The number of halogens is 2. The zero-order chi connectivity index (χ0) is 12.3. The van der Waals surface area contributed by atoms with Crippen LogP contribution in [0.2, 0.25) is 5.02 Å². The van der Waals surface area contributed by atoms with Gasteiger partial charge in [-0.25, -0.2) is 0 Å². The van der Waals surface area contributed by atoms with Gasteiger partial charge in [0.25, 0.3) is 0 Å². The van der Waals surface area contributed by atoms with Crippen molar-refractivity contribution in [2.45, 2.75) is 32.2 Å². The van der Waals surface area contributed by atoms with E-state index in [0.717, 1.165) is 33.8 Å². The maximum Gasteiger partial charge on any atom is 0.0500 e. The molecule has 1 saturated heterocycles. The highest BCUT2D eigenvalue weighted by atomic mass is 79.9. The lowest BCUT2D eigenvalue weighted by atomic mass is 10.1. The van der Waals surface area contributed by atoms with Crippen LogP contribution in [0, 0.1) is 6.92 Å². The molecule has 0 spiro atoms. The summed E-state index contributed by atoms with van der Waals surface area (Å²) in [6.07, 6.45) is 3.88. The van der Waals surface area contributed by atoms with E-state index in [1.807, 2.05) is 13.0 Å². The molecule has 0 aliphatic carbocycles. The molecule has 1 unspecified atom stereocenters. The highest BCUT2D eigenvalue weighted by Crippen LogP contribution is 2.29. The van der Waals surface area contributed by atoms with Crippen LogP contribution in [0.5, 0.6) is 0 Å². The third-order valence-electron chi connectivity index (χ3n) is 3.20. The van der Waals surface area contributed by atoms with Crippen LogP contribution in [0.1, 0.15) is 24.8 Å². The summed E-state index contributed by atoms with van der Waals surface area (Å²) >= 11 is 9.70. The SMILES string of the molecule is Cc1cc(Br)c(NCC2CCCCN2)cc1Cl. The van der Waals surface area contributed by atoms with Crippen molar-refractivity contribution in [2.24, 2.45) is 0 Å². The lowest BCUT2D eigenvalue weighted by Crippen LogP contribution is -2.39. The maximum atomic E-state index is 6.13. The molecule has 0 radical (unpaired) electrons. The molecule has 17 heavy (non-hydrogen) atoms. The smallest absolute Gasteiger partial charge is 0.0500 e. The van der Waals surface area contributed by atoms with Gasteiger partial charge in [-0.2, -0.15) is 0 Å². The summed E-state index contributed by atoms with van der Waals surface area (Å²) < 4.78 is 1.08. The van der Waals surface area contributed by atoms with Gasteiger partial charge in [0, 0.05) is 27.8 Å². The average molecular weight is 318 g/mol. The van der Waals surface area contributed by atoms with Gasteiger partial charge in [0.2, 0.25) is 0 Å². The molecule has 4 heteroatoms. The standard InChI is InChI=1S/C13H18BrClN2/c1-9-6-11(14)13(7-12(9)15)17-8-10-4-2-3-5-16-10/h6-7,10,16-17H,2-5,8H2,1H3. The number of hydrogen-bond acceptors (Lipinski definition) is 2. The largest absolute Gasteiger partial charge is 0.383 e. The van der Waals surface area contributed by atoms with Crippen molar-refractivity contribution in [1.29, 1.82) is 0 Å². The normalized spacial score (nSPS) is 20.3. The minimum Gasteiger partial charge on any atom is -0.383 e. The van der Waals surface area contributed by atoms with E-state index in [1.165, 1.54) is 19.3 Å². The molecule has 1 heterocycles. The van der Waals surface area contributed by atoms with E-state index in [-0.39, 0.29) is 0 Å². The average Bonchev–Trinajstić information content (AvgIpc) is 2.33. The van der Waals surface area contributed by atoms with Crippen molar-refractivity contribution in [3.63, 3.8) is 0 Å². The molecule has 1 aliphatic heterocycles. The van der Waals surface area contributed by atoms with E-state index in [1.54, 1.807) is 0 Å². The van der Waals surface area contributed by atoms with Crippen LogP contribution < -0.4 is 10.6 Å². The molecule has 1 atom stereocenters. The quantitative estimate of drug-likeness (QED) is 0.881. The molecule has 0 saturated carbocycles. The molecule has 0 bridgehead atoms. The number of anilines is 1. The summed E-state index contributed by atoms with van der Waals surface area (Å²) in [5.74, 6) is 0. The van der Waals surface area contributed by atoms with Crippen LogP contribution in [0.4, 0.5) is 5.69 Å². The van der Waals surface area contributed by atoms with Crippen molar-refractivity contribution in [3.05, 3.63) is 27.2 Å². The zero-order valence-electron chi connectivity index (χ0n) is 10.0. The second-order valence-corrected chi connectivity index (χ2v) is 5.87. The Kier molecular flexibility index (Phi) is 4.71. The molecule has 94 valence electrons. The van der Waals surface area contributed by atoms with Gasteiger partial charge in [-0.15, -0.1) is 0 Å². The summed E-state index contributed by atoms with van der Waals surface area (Å²) in [6.45, 7) is 4.11. The van der Waals surface area contributed by atoms with Crippen LogP contribution in [0.3, 0.4) is 0 Å². The first-order valence-electron chi connectivity index (χ1n) is 6.09. The van der Waals surface area contributed by atoms with E-state index in [2.05, 4.69) is 32.6 Å². The number of rotatable bonds is 3. The number of benzene rings is 1. The predicted octanol–water partition coefficient (Wildman–Crippen LogP) is 3.96. The molecule has 2 rings (SSSR count). The molecule has 0 amide bonds. The summed E-state index contributed by atoms with van der Waals surface area (Å²) in [6, 6.07) is 4.62. The van der Waals surface area contributed by atoms with Gasteiger partial charge in [0.05, 0.1) is 0 Å². The molecule has 2 nitrogen and oxygen atoms in total. The zero-order valence-corrected chi connectivity index (χ0v) is 12.4. The van der Waals surface area contributed by atoms with Crippen LogP contribution in [0.25, 0.3) is 0 Å². The Hall–Kier alpha value is -0.250. The lowest BCUT2D eigenvalue weighted by molar-refractivity contribution is 0.414. The van der Waals surface area contributed by atoms with Crippen molar-refractivity contribution in [3.8, 4) is 0 Å². The summed E-state index contributed by atoms with van der Waals surface area (Å²) in [5, 5.41) is 7.79. The van der Waals surface area contributed by atoms with Gasteiger partial charge in [-0.05, 0) is 59.9 Å². The number of nitrogens with one attached hydrogen (secondary N) is 2. The second kappa shape index (κ2) is 6.07. The number of hydrogen-bond donors (Lipinski definition) is 2. The van der Waals surface area contributed by atoms with Crippen molar-refractivity contribution < 1.29 is 0 Å². The first kappa shape index (κ1) is 13.2. The fourth-order valence-corrected chi connectivity index (χ4v) is 2.87. The van der Waals surface area contributed by atoms with E-state index in [0.29, 0.717) is 6.04 Å². The Labute approximate surface area is 116 Å². The predicted molar refractivity (Wildman–Crippen MR) is 78.0 cm³/mol. The fraction of sp³-hybridized carbons (Fsp3) is 0.538. The molecular weight excluding hydrogens is 300 g/mol. The molecule has 1 aromatic rings. The molecule has 0 aromatic heterocycles. The highest BCUT2D eigenvalue weighted by Gasteiger charge is 2.12. The number of piperidine rings is 1. The van der Waals surface area contributed by atoms with Crippen LogP contribution in [-0.2, 0) is 0 Å². The minimum absolute atomic E-state index is 0.579. The van der Waals surface area contributed by atoms with Gasteiger partial charge >= 0.3 is 0 Å². The third-order valence-corrected chi connectivity index (χ3v) is 4.26. The van der Waals surface area contributed by atoms with Crippen molar-refractivity contribution in [1.82, 2.24) is 5.32 Å². The molecular formula is C13H18BrClN2. The fourth-order valence-electron chi connectivity index (χ4n) is 2.11. The Morgan fingerprint density at radius 2 is 2.29 bits per heavy atom. The second-order valence-electron chi connectivity index (χ2n) is 4.61. The first-order valence-corrected chi connectivity index (χ1v) is 7.27. The van der Waals surface area contributed by atoms with Crippen LogP contribution >= 0.6 is 27.5 Å². The third kappa shape index (κ3) is 3.60. The van der Waals surface area contributed by atoms with Crippen molar-refractivity contribution >= 4 is 33.2 Å². The van der Waals surface area contributed by atoms with E-state index < -0.39 is 0 Å². The van der Waals surface area contributed by atoms with Crippen molar-refractivity contribution in [2.75, 3.05) is 18.4 Å². The first-order chi connectivity index (χ1) is 8.16. The Balaban J connectivity index is 1.96. The number of aryl methyl sites for hydroxylation is 1. The Morgan fingerprint density at radius 1 is 1.47 bits per heavy atom. The molecule has 2 N–H and O–H groups in total. The van der Waals surface area contributed by atoms with Gasteiger partial charge in [0.1, 0.15) is 0 Å². The lowest BCUT2D eigenvalue weighted by Gasteiger charge is -2.24. The summed E-state index contributed by atoms with van der Waals surface area (Å²) in [7, 11) is 0. The van der Waals surface area contributed by atoms with Crippen LogP contribution in [0.15, 0.2) is 16.6 Å². The van der Waals surface area contributed by atoms with E-state index in [9.17, 15) is 0 Å². The van der Waals surface area contributed by atoms with Crippen LogP contribution in [-0.4, -0.2) is 19.1 Å². The minimum atomic E-state index is 0.579. The summed E-state index contributed by atoms with van der Waals surface area (Å²) in [4.78, 5) is 0. The molecule has 1 aromatic carbocycles. The van der Waals surface area contributed by atoms with Gasteiger partial charge in [0.15, 0.2) is 0 Å². The highest BCUT2D eigenvalue weighted by molar-refractivity contribution is 9.10. The van der Waals surface area contributed by atoms with Gasteiger partial charge in [-0.1, -0.05) is 18.0 Å². The summed E-state index contributed by atoms with van der Waals surface area (Å²) in [5.41, 5.74) is 2.17. The topological polar surface area (TPSA) is 24.1 Å². The Bertz CT molecular complexity index is 389. The molecule has 1 aliphatic rings. The maximum absolute atomic E-state index is 6.13. The van der Waals surface area contributed by atoms with E-state index in [4.69, 9.17) is 11.6 Å².